The SMILES string of the molecule is CCCCCCCCN(CCCCCCCC)S(=O)(=O)c1ccc(Cl)c(NC(=O)C(C(=O)C2(C)CC2)N2C(=O)C(OCCCCCC)N(C)C2=O)c1. The van der Waals surface area contributed by atoms with Gasteiger partial charge < -0.3 is 10.1 Å². The first-order valence-corrected chi connectivity index (χ1v) is 21.5. The van der Waals surface area contributed by atoms with E-state index in [0.717, 1.165) is 101 Å². The molecule has 1 aliphatic heterocycles. The van der Waals surface area contributed by atoms with Crippen LogP contribution >= 0.6 is 11.6 Å². The van der Waals surface area contributed by atoms with Gasteiger partial charge in [0.15, 0.2) is 11.8 Å². The molecular weight excluding hydrogens is 704 g/mol. The van der Waals surface area contributed by atoms with Gasteiger partial charge in [0.05, 0.1) is 15.6 Å². The van der Waals surface area contributed by atoms with Crippen LogP contribution in [0.1, 0.15) is 143 Å². The fourth-order valence-corrected chi connectivity index (χ4v) is 8.22. The van der Waals surface area contributed by atoms with Crippen LogP contribution in [-0.4, -0.2) is 85.2 Å². The number of hydrogen-bond acceptors (Lipinski definition) is 7. The van der Waals surface area contributed by atoms with Gasteiger partial charge in [0.1, 0.15) is 0 Å². The summed E-state index contributed by atoms with van der Waals surface area (Å²) in [7, 11) is -2.56. The number of anilines is 1. The molecule has 0 radical (unpaired) electrons. The molecule has 1 aromatic carbocycles. The molecule has 1 aliphatic carbocycles. The molecule has 1 saturated carbocycles. The summed E-state index contributed by atoms with van der Waals surface area (Å²) in [5.41, 5.74) is -0.898. The first-order valence-electron chi connectivity index (χ1n) is 19.7. The summed E-state index contributed by atoms with van der Waals surface area (Å²) < 4.78 is 35.5. The number of ether oxygens (including phenoxy) is 1. The molecule has 2 unspecified atom stereocenters. The third-order valence-corrected chi connectivity index (χ3v) is 12.5. The van der Waals surface area contributed by atoms with E-state index in [-0.39, 0.29) is 22.2 Å². The van der Waals surface area contributed by atoms with E-state index in [0.29, 0.717) is 37.3 Å². The van der Waals surface area contributed by atoms with E-state index in [1.807, 2.05) is 0 Å². The van der Waals surface area contributed by atoms with Gasteiger partial charge in [-0.05, 0) is 50.3 Å². The van der Waals surface area contributed by atoms with Gasteiger partial charge in [0, 0.05) is 32.2 Å². The number of imide groups is 1. The lowest BCUT2D eigenvalue weighted by Crippen LogP contribution is -2.54. The number of rotatable bonds is 27. The predicted octanol–water partition coefficient (Wildman–Crippen LogP) is 8.55. The number of benzene rings is 1. The predicted molar refractivity (Wildman–Crippen MR) is 206 cm³/mol. The Labute approximate surface area is 317 Å². The summed E-state index contributed by atoms with van der Waals surface area (Å²) in [4.78, 5) is 56.8. The molecule has 2 fully saturated rings. The molecular formula is C39H63ClN4O7S. The second-order valence-corrected chi connectivity index (χ2v) is 17.1. The number of amides is 4. The minimum Gasteiger partial charge on any atom is -0.349 e. The maximum absolute atomic E-state index is 14.1. The molecule has 4 amide bonds. The van der Waals surface area contributed by atoms with E-state index in [9.17, 15) is 27.6 Å². The third-order valence-electron chi connectivity index (χ3n) is 10.3. The van der Waals surface area contributed by atoms with Crippen molar-refractivity contribution in [2.24, 2.45) is 5.41 Å². The summed E-state index contributed by atoms with van der Waals surface area (Å²) >= 11 is 6.52. The van der Waals surface area contributed by atoms with Crippen LogP contribution in [0.4, 0.5) is 10.5 Å². The minimum atomic E-state index is -3.97. The number of unbranched alkanes of at least 4 members (excludes halogenated alkanes) is 13. The molecule has 0 spiro atoms. The number of sulfonamides is 1. The van der Waals surface area contributed by atoms with Gasteiger partial charge in [-0.25, -0.2) is 18.1 Å². The molecule has 11 nitrogen and oxygen atoms in total. The van der Waals surface area contributed by atoms with Crippen LogP contribution in [0.3, 0.4) is 0 Å². The van der Waals surface area contributed by atoms with E-state index < -0.39 is 51.3 Å². The van der Waals surface area contributed by atoms with Gasteiger partial charge in [-0.3, -0.25) is 19.3 Å². The number of nitrogens with zero attached hydrogens (tertiary/aromatic N) is 3. The van der Waals surface area contributed by atoms with Crippen molar-refractivity contribution in [3.63, 3.8) is 0 Å². The summed E-state index contributed by atoms with van der Waals surface area (Å²) in [6, 6.07) is 1.52. The van der Waals surface area contributed by atoms with Gasteiger partial charge in [-0.15, -0.1) is 0 Å². The Bertz CT molecular complexity index is 1440. The van der Waals surface area contributed by atoms with E-state index in [4.69, 9.17) is 16.3 Å². The van der Waals surface area contributed by atoms with Crippen molar-refractivity contribution in [2.75, 3.05) is 32.1 Å². The highest BCUT2D eigenvalue weighted by Gasteiger charge is 2.57. The Morgan fingerprint density at radius 1 is 0.885 bits per heavy atom. The van der Waals surface area contributed by atoms with Gasteiger partial charge in [-0.1, -0.05) is 123 Å². The second kappa shape index (κ2) is 21.4. The number of Topliss-reactive ketones (excluding diaryl/α,β-unsaturated/α-hetero) is 1. The zero-order valence-electron chi connectivity index (χ0n) is 32.2. The molecule has 2 aliphatic rings. The molecule has 0 aromatic heterocycles. The number of hydrogen-bond donors (Lipinski definition) is 1. The third kappa shape index (κ3) is 12.0. The number of likely N-dealkylation sites (N-methyl/N-ethyl adjacent to an activating group) is 1. The number of carbonyl (C=O) groups is 4. The van der Waals surface area contributed by atoms with Crippen LogP contribution in [-0.2, 0) is 29.1 Å². The van der Waals surface area contributed by atoms with Gasteiger partial charge in [0.2, 0.25) is 16.3 Å². The molecule has 2 atom stereocenters. The molecule has 1 saturated heterocycles. The van der Waals surface area contributed by atoms with Crippen molar-refractivity contribution in [3.05, 3.63) is 23.2 Å². The van der Waals surface area contributed by atoms with Crippen LogP contribution in [0, 0.1) is 5.41 Å². The number of urea groups is 1. The summed E-state index contributed by atoms with van der Waals surface area (Å²) in [6.07, 6.45) is 15.7. The van der Waals surface area contributed by atoms with Crippen molar-refractivity contribution in [1.82, 2.24) is 14.1 Å². The molecule has 13 heteroatoms. The molecule has 294 valence electrons. The first-order chi connectivity index (χ1) is 24.8. The van der Waals surface area contributed by atoms with E-state index in [1.165, 1.54) is 29.6 Å². The Hall–Kier alpha value is -2.54. The van der Waals surface area contributed by atoms with Crippen molar-refractivity contribution in [3.8, 4) is 0 Å². The maximum atomic E-state index is 14.1. The Balaban J connectivity index is 1.84. The van der Waals surface area contributed by atoms with Crippen molar-refractivity contribution in [1.29, 1.82) is 0 Å². The molecule has 52 heavy (non-hydrogen) atoms. The number of carbonyl (C=O) groups excluding carboxylic acids is 4. The highest BCUT2D eigenvalue weighted by Crippen LogP contribution is 2.47. The molecule has 1 aromatic rings. The summed E-state index contributed by atoms with van der Waals surface area (Å²) in [5, 5.41) is 2.67. The normalized spacial score (nSPS) is 17.6. The maximum Gasteiger partial charge on any atom is 0.330 e. The van der Waals surface area contributed by atoms with E-state index >= 15 is 0 Å². The van der Waals surface area contributed by atoms with Gasteiger partial charge >= 0.3 is 6.03 Å². The average molecular weight is 767 g/mol. The Morgan fingerprint density at radius 3 is 1.94 bits per heavy atom. The lowest BCUT2D eigenvalue weighted by Gasteiger charge is -2.26. The van der Waals surface area contributed by atoms with E-state index in [2.05, 4.69) is 26.1 Å². The zero-order valence-corrected chi connectivity index (χ0v) is 33.8. The lowest BCUT2D eigenvalue weighted by atomic mass is 9.95. The summed E-state index contributed by atoms with van der Waals surface area (Å²) in [5.74, 6) is -2.29. The number of ketones is 1. The molecule has 3 rings (SSSR count). The standard InChI is InChI=1S/C39H63ClN4O7S/c1-6-9-12-15-17-19-26-43(27-20-18-16-13-10-7-2)52(49,50)30-22-23-31(40)32(29-30)41-35(46)33(34(45)39(4)24-25-39)44-36(47)37(42(5)38(44)48)51-28-21-14-11-8-3/h22-23,29,33,37H,6-21,24-28H2,1-5H3,(H,41,46). The van der Waals surface area contributed by atoms with Crippen molar-refractivity contribution >= 4 is 50.9 Å². The highest BCUT2D eigenvalue weighted by molar-refractivity contribution is 7.89. The number of halogens is 1. The van der Waals surface area contributed by atoms with E-state index in [1.54, 1.807) is 6.92 Å². The quantitative estimate of drug-likeness (QED) is 0.0539. The molecule has 1 heterocycles. The van der Waals surface area contributed by atoms with Crippen molar-refractivity contribution in [2.45, 2.75) is 160 Å². The first kappa shape index (κ1) is 43.9. The molecule has 0 bridgehead atoms. The lowest BCUT2D eigenvalue weighted by molar-refractivity contribution is -0.148. The van der Waals surface area contributed by atoms with Crippen LogP contribution in [0.5, 0.6) is 0 Å². The minimum absolute atomic E-state index is 0.0262. The Kier molecular flexibility index (Phi) is 18.0. The monoisotopic (exact) mass is 766 g/mol. The highest BCUT2D eigenvalue weighted by atomic mass is 35.5. The topological polar surface area (TPSA) is 133 Å². The zero-order chi connectivity index (χ0) is 38.3. The molecule has 1 N–H and O–H groups in total. The van der Waals surface area contributed by atoms with Crippen molar-refractivity contribution < 1.29 is 32.3 Å². The van der Waals surface area contributed by atoms with Gasteiger partial charge in [0.25, 0.3) is 11.8 Å². The van der Waals surface area contributed by atoms with Crippen LogP contribution in [0.2, 0.25) is 5.02 Å². The Morgan fingerprint density at radius 2 is 1.40 bits per heavy atom. The average Bonchev–Trinajstić information content (AvgIpc) is 3.84. The van der Waals surface area contributed by atoms with Crippen LogP contribution in [0.25, 0.3) is 0 Å². The van der Waals surface area contributed by atoms with Crippen LogP contribution < -0.4 is 5.32 Å². The fourth-order valence-electron chi connectivity index (χ4n) is 6.51. The second-order valence-electron chi connectivity index (χ2n) is 14.8. The van der Waals surface area contributed by atoms with Crippen LogP contribution in [0.15, 0.2) is 23.1 Å². The number of nitrogens with one attached hydrogen (secondary N) is 1. The van der Waals surface area contributed by atoms with Gasteiger partial charge in [-0.2, -0.15) is 4.31 Å². The summed E-state index contributed by atoms with van der Waals surface area (Å²) in [6.45, 7) is 9.13. The smallest absolute Gasteiger partial charge is 0.330 e. The largest absolute Gasteiger partial charge is 0.349 e. The fraction of sp³-hybridized carbons (Fsp3) is 0.744.